The fourth-order valence-corrected chi connectivity index (χ4v) is 1.85. The Balaban J connectivity index is 2.50. The number of aromatic nitrogens is 2. The maximum absolute atomic E-state index is 11.6. The second-order valence-electron chi connectivity index (χ2n) is 3.73. The molecule has 110 valence electrons. The molecule has 20 heavy (non-hydrogen) atoms. The molecule has 0 spiro atoms. The summed E-state index contributed by atoms with van der Waals surface area (Å²) in [5.41, 5.74) is 0. The summed E-state index contributed by atoms with van der Waals surface area (Å²) in [5.74, 6) is -1.78. The van der Waals surface area contributed by atoms with Crippen LogP contribution in [0.1, 0.15) is 17.8 Å². The van der Waals surface area contributed by atoms with Crippen LogP contribution in [-0.2, 0) is 14.3 Å². The highest BCUT2D eigenvalue weighted by molar-refractivity contribution is 7.15. The Morgan fingerprint density at radius 2 is 2.10 bits per heavy atom. The topological polar surface area (TPSA) is 131 Å². The number of urea groups is 1. The molecule has 0 aliphatic rings. The van der Waals surface area contributed by atoms with Gasteiger partial charge in [-0.25, -0.2) is 9.59 Å². The van der Waals surface area contributed by atoms with Crippen LogP contribution in [0, 0.1) is 6.92 Å². The van der Waals surface area contributed by atoms with Gasteiger partial charge in [-0.3, -0.25) is 10.1 Å². The van der Waals surface area contributed by atoms with Gasteiger partial charge in [0.15, 0.2) is 0 Å². The summed E-state index contributed by atoms with van der Waals surface area (Å²) in [6, 6.07) is -1.92. The number of hydrogen-bond acceptors (Lipinski definition) is 7. The summed E-state index contributed by atoms with van der Waals surface area (Å²) in [6.07, 6.45) is -0.170. The summed E-state index contributed by atoms with van der Waals surface area (Å²) >= 11 is 1.16. The van der Waals surface area contributed by atoms with Crippen molar-refractivity contribution in [2.24, 2.45) is 0 Å². The summed E-state index contributed by atoms with van der Waals surface area (Å²) in [4.78, 5) is 33.5. The number of nitrogens with one attached hydrogen (secondary N) is 2. The van der Waals surface area contributed by atoms with Gasteiger partial charge in [0.05, 0.1) is 7.11 Å². The van der Waals surface area contributed by atoms with Crippen molar-refractivity contribution in [3.63, 3.8) is 0 Å². The van der Waals surface area contributed by atoms with E-state index in [4.69, 9.17) is 5.11 Å². The van der Waals surface area contributed by atoms with Crippen molar-refractivity contribution in [2.75, 3.05) is 12.4 Å². The van der Waals surface area contributed by atoms with Gasteiger partial charge in [-0.2, -0.15) is 0 Å². The predicted molar refractivity (Wildman–Crippen MR) is 69.5 cm³/mol. The smallest absolute Gasteiger partial charge is 0.326 e. The molecule has 10 heteroatoms. The number of carbonyl (C=O) groups excluding carboxylic acids is 2. The van der Waals surface area contributed by atoms with Crippen LogP contribution in [0.25, 0.3) is 0 Å². The number of aliphatic carboxylic acids is 1. The third kappa shape index (κ3) is 5.18. The number of nitrogens with zero attached hydrogens (tertiary/aromatic N) is 2. The molecule has 1 aromatic heterocycles. The van der Waals surface area contributed by atoms with Gasteiger partial charge in [0.2, 0.25) is 5.13 Å². The van der Waals surface area contributed by atoms with Crippen molar-refractivity contribution in [1.82, 2.24) is 15.5 Å². The Morgan fingerprint density at radius 1 is 1.40 bits per heavy atom. The first kappa shape index (κ1) is 15.8. The maximum atomic E-state index is 11.6. The van der Waals surface area contributed by atoms with Crippen LogP contribution >= 0.6 is 11.3 Å². The van der Waals surface area contributed by atoms with E-state index >= 15 is 0 Å². The first-order chi connectivity index (χ1) is 9.42. The molecule has 1 rings (SSSR count). The average molecular weight is 302 g/mol. The number of methoxy groups -OCH3 is 1. The molecular formula is C10H14N4O5S. The van der Waals surface area contributed by atoms with Crippen LogP contribution in [-0.4, -0.2) is 46.4 Å². The van der Waals surface area contributed by atoms with E-state index in [9.17, 15) is 14.4 Å². The number of hydrogen-bond donors (Lipinski definition) is 3. The SMILES string of the molecule is COC(=O)CC[C@@H](NC(=O)Nc1nnc(C)s1)C(=O)O. The fraction of sp³-hybridized carbons (Fsp3) is 0.500. The lowest BCUT2D eigenvalue weighted by Gasteiger charge is -2.13. The summed E-state index contributed by atoms with van der Waals surface area (Å²) in [7, 11) is 1.20. The number of anilines is 1. The molecule has 0 unspecified atom stereocenters. The Kier molecular flexibility index (Phi) is 5.84. The van der Waals surface area contributed by atoms with E-state index in [1.54, 1.807) is 6.92 Å². The lowest BCUT2D eigenvalue weighted by Crippen LogP contribution is -2.43. The molecule has 0 radical (unpaired) electrons. The predicted octanol–water partition coefficient (Wildman–Crippen LogP) is 0.374. The zero-order valence-corrected chi connectivity index (χ0v) is 11.7. The van der Waals surface area contributed by atoms with Crippen molar-refractivity contribution in [3.8, 4) is 0 Å². The summed E-state index contributed by atoms with van der Waals surface area (Å²) < 4.78 is 4.41. The van der Waals surface area contributed by atoms with E-state index in [2.05, 4.69) is 25.6 Å². The number of carboxylic acids is 1. The monoisotopic (exact) mass is 302 g/mol. The number of ether oxygens (including phenoxy) is 1. The summed E-state index contributed by atoms with van der Waals surface area (Å²) in [6.45, 7) is 1.72. The number of rotatable bonds is 6. The molecule has 3 N–H and O–H groups in total. The fourth-order valence-electron chi connectivity index (χ4n) is 1.26. The van der Waals surface area contributed by atoms with Gasteiger partial charge >= 0.3 is 18.0 Å². The van der Waals surface area contributed by atoms with Gasteiger partial charge in [-0.15, -0.1) is 10.2 Å². The minimum Gasteiger partial charge on any atom is -0.480 e. The third-order valence-electron chi connectivity index (χ3n) is 2.21. The van der Waals surface area contributed by atoms with Crippen molar-refractivity contribution < 1.29 is 24.2 Å². The zero-order chi connectivity index (χ0) is 15.1. The zero-order valence-electron chi connectivity index (χ0n) is 10.9. The molecule has 0 aliphatic carbocycles. The van der Waals surface area contributed by atoms with Crippen LogP contribution in [0.3, 0.4) is 0 Å². The van der Waals surface area contributed by atoms with E-state index in [0.717, 1.165) is 11.3 Å². The average Bonchev–Trinajstić information content (AvgIpc) is 2.78. The lowest BCUT2D eigenvalue weighted by molar-refractivity contribution is -0.142. The van der Waals surface area contributed by atoms with Gasteiger partial charge in [0.1, 0.15) is 11.0 Å². The number of carboxylic acid groups (broad SMARTS) is 1. The molecule has 0 saturated carbocycles. The van der Waals surface area contributed by atoms with Crippen LogP contribution < -0.4 is 10.6 Å². The van der Waals surface area contributed by atoms with Crippen LogP contribution in [0.15, 0.2) is 0 Å². The number of amides is 2. The van der Waals surface area contributed by atoms with Crippen LogP contribution in [0.2, 0.25) is 0 Å². The third-order valence-corrected chi connectivity index (χ3v) is 2.97. The molecule has 2 amide bonds. The molecule has 1 aromatic rings. The van der Waals surface area contributed by atoms with E-state index in [-0.39, 0.29) is 18.0 Å². The highest BCUT2D eigenvalue weighted by atomic mass is 32.1. The van der Waals surface area contributed by atoms with Gasteiger partial charge in [-0.1, -0.05) is 11.3 Å². The lowest BCUT2D eigenvalue weighted by atomic mass is 10.1. The molecule has 0 aliphatic heterocycles. The van der Waals surface area contributed by atoms with Gasteiger partial charge in [-0.05, 0) is 13.3 Å². The number of aryl methyl sites for hydroxylation is 1. The quantitative estimate of drug-likeness (QED) is 0.647. The Hall–Kier alpha value is -2.23. The Morgan fingerprint density at radius 3 is 2.60 bits per heavy atom. The largest absolute Gasteiger partial charge is 0.480 e. The van der Waals surface area contributed by atoms with Gasteiger partial charge in [0.25, 0.3) is 0 Å². The van der Waals surface area contributed by atoms with E-state index < -0.39 is 24.0 Å². The number of esters is 1. The first-order valence-corrected chi connectivity index (χ1v) is 6.41. The number of carbonyl (C=O) groups is 3. The summed E-state index contributed by atoms with van der Waals surface area (Å²) in [5, 5.41) is 21.9. The minimum atomic E-state index is -1.24. The highest BCUT2D eigenvalue weighted by Gasteiger charge is 2.21. The maximum Gasteiger partial charge on any atom is 0.326 e. The van der Waals surface area contributed by atoms with Gasteiger partial charge < -0.3 is 15.2 Å². The highest BCUT2D eigenvalue weighted by Crippen LogP contribution is 2.13. The molecule has 9 nitrogen and oxygen atoms in total. The standard InChI is InChI=1S/C10H14N4O5S/c1-5-13-14-10(20-5)12-9(18)11-6(8(16)17)3-4-7(15)19-2/h6H,3-4H2,1-2H3,(H,16,17)(H2,11,12,14,18)/t6-/m1/s1. The Labute approximate surface area is 118 Å². The second kappa shape index (κ2) is 7.38. The molecule has 1 heterocycles. The Bertz CT molecular complexity index is 504. The normalized spacial score (nSPS) is 11.5. The molecular weight excluding hydrogens is 288 g/mol. The molecule has 0 bridgehead atoms. The van der Waals surface area contributed by atoms with Crippen molar-refractivity contribution in [2.45, 2.75) is 25.8 Å². The second-order valence-corrected chi connectivity index (χ2v) is 4.91. The molecule has 0 saturated heterocycles. The van der Waals surface area contributed by atoms with E-state index in [1.165, 1.54) is 7.11 Å². The minimum absolute atomic E-state index is 0.0649. The molecule has 0 fully saturated rings. The van der Waals surface area contributed by atoms with Crippen molar-refractivity contribution >= 4 is 34.4 Å². The van der Waals surface area contributed by atoms with E-state index in [0.29, 0.717) is 5.01 Å². The van der Waals surface area contributed by atoms with Crippen molar-refractivity contribution in [1.29, 1.82) is 0 Å². The first-order valence-electron chi connectivity index (χ1n) is 5.59. The van der Waals surface area contributed by atoms with Crippen molar-refractivity contribution in [3.05, 3.63) is 5.01 Å². The molecule has 1 atom stereocenters. The van der Waals surface area contributed by atoms with Crippen LogP contribution in [0.4, 0.5) is 9.93 Å². The van der Waals surface area contributed by atoms with Gasteiger partial charge in [0, 0.05) is 6.42 Å². The molecule has 0 aromatic carbocycles. The van der Waals surface area contributed by atoms with E-state index in [1.807, 2.05) is 0 Å². The van der Waals surface area contributed by atoms with Crippen LogP contribution in [0.5, 0.6) is 0 Å².